The van der Waals surface area contributed by atoms with Gasteiger partial charge in [-0.05, 0) is 48.7 Å². The van der Waals surface area contributed by atoms with E-state index in [1.165, 1.54) is 10.5 Å². The lowest BCUT2D eigenvalue weighted by atomic mass is 10.1. The van der Waals surface area contributed by atoms with Crippen LogP contribution in [0.15, 0.2) is 42.5 Å². The van der Waals surface area contributed by atoms with Gasteiger partial charge in [-0.3, -0.25) is 4.79 Å². The highest BCUT2D eigenvalue weighted by atomic mass is 16.5. The van der Waals surface area contributed by atoms with E-state index in [0.29, 0.717) is 13.2 Å². The molecule has 162 valence electrons. The Labute approximate surface area is 179 Å². The number of amides is 1. The number of benzene rings is 2. The van der Waals surface area contributed by atoms with Gasteiger partial charge in [0.25, 0.3) is 5.91 Å². The number of carbonyl (C=O) groups is 1. The summed E-state index contributed by atoms with van der Waals surface area (Å²) in [7, 11) is 1.66. The van der Waals surface area contributed by atoms with Crippen LogP contribution in [-0.2, 0) is 11.2 Å². The van der Waals surface area contributed by atoms with Crippen molar-refractivity contribution in [2.45, 2.75) is 20.3 Å². The molecule has 0 saturated carbocycles. The maximum atomic E-state index is 12.6. The molecule has 0 unspecified atom stereocenters. The van der Waals surface area contributed by atoms with Crippen LogP contribution in [0.2, 0.25) is 0 Å². The molecule has 30 heavy (non-hydrogen) atoms. The smallest absolute Gasteiger partial charge is 0.279 e. The van der Waals surface area contributed by atoms with Crippen LogP contribution in [-0.4, -0.2) is 58.9 Å². The number of para-hydroxylation sites is 1. The molecular formula is C24H35N3O3+2. The molecule has 0 atom stereocenters. The summed E-state index contributed by atoms with van der Waals surface area (Å²) in [4.78, 5) is 15.5. The summed E-state index contributed by atoms with van der Waals surface area (Å²) in [6, 6.07) is 13.9. The summed E-state index contributed by atoms with van der Waals surface area (Å²) in [6.45, 7) is 10.6. The molecule has 6 heteroatoms. The first kappa shape index (κ1) is 22.1. The fraction of sp³-hybridized carbons (Fsp3) is 0.458. The van der Waals surface area contributed by atoms with Gasteiger partial charge in [0.15, 0.2) is 6.54 Å². The highest BCUT2D eigenvalue weighted by molar-refractivity contribution is 5.93. The fourth-order valence-electron chi connectivity index (χ4n) is 3.98. The zero-order valence-corrected chi connectivity index (χ0v) is 18.4. The van der Waals surface area contributed by atoms with Gasteiger partial charge in [-0.25, -0.2) is 0 Å². The van der Waals surface area contributed by atoms with Crippen molar-refractivity contribution < 1.29 is 24.1 Å². The zero-order valence-electron chi connectivity index (χ0n) is 18.4. The van der Waals surface area contributed by atoms with E-state index in [-0.39, 0.29) is 5.91 Å². The number of nitrogens with one attached hydrogen (secondary N) is 3. The first-order valence-electron chi connectivity index (χ1n) is 10.9. The molecule has 0 bridgehead atoms. The Bertz CT molecular complexity index is 815. The van der Waals surface area contributed by atoms with Crippen molar-refractivity contribution in [2.75, 3.05) is 58.3 Å². The van der Waals surface area contributed by atoms with Crippen molar-refractivity contribution in [1.82, 2.24) is 0 Å². The molecule has 3 rings (SSSR count). The van der Waals surface area contributed by atoms with Crippen molar-refractivity contribution in [3.63, 3.8) is 0 Å². The van der Waals surface area contributed by atoms with Crippen molar-refractivity contribution >= 4 is 11.6 Å². The summed E-state index contributed by atoms with van der Waals surface area (Å²) in [5.41, 5.74) is 3.32. The van der Waals surface area contributed by atoms with E-state index in [1.54, 1.807) is 12.0 Å². The van der Waals surface area contributed by atoms with Crippen LogP contribution in [0.4, 0.5) is 5.69 Å². The van der Waals surface area contributed by atoms with Crippen molar-refractivity contribution in [3.05, 3.63) is 53.6 Å². The Morgan fingerprint density at radius 2 is 1.67 bits per heavy atom. The average Bonchev–Trinajstić information content (AvgIpc) is 2.77. The second-order valence-corrected chi connectivity index (χ2v) is 7.96. The van der Waals surface area contributed by atoms with Gasteiger partial charge in [0.2, 0.25) is 0 Å². The van der Waals surface area contributed by atoms with Gasteiger partial charge in [0.05, 0.1) is 7.11 Å². The van der Waals surface area contributed by atoms with E-state index in [0.717, 1.165) is 61.9 Å². The normalized spacial score (nSPS) is 18.6. The summed E-state index contributed by atoms with van der Waals surface area (Å²) in [5.74, 6) is 1.82. The van der Waals surface area contributed by atoms with Crippen molar-refractivity contribution in [1.29, 1.82) is 0 Å². The van der Waals surface area contributed by atoms with Crippen molar-refractivity contribution in [3.8, 4) is 11.5 Å². The molecule has 1 fully saturated rings. The average molecular weight is 414 g/mol. The van der Waals surface area contributed by atoms with E-state index in [1.807, 2.05) is 24.3 Å². The molecule has 1 aliphatic rings. The number of quaternary nitrogens is 2. The van der Waals surface area contributed by atoms with Crippen LogP contribution < -0.4 is 24.6 Å². The summed E-state index contributed by atoms with van der Waals surface area (Å²) >= 11 is 0. The highest BCUT2D eigenvalue weighted by Gasteiger charge is 2.25. The first-order chi connectivity index (χ1) is 14.6. The zero-order chi connectivity index (χ0) is 21.3. The van der Waals surface area contributed by atoms with Crippen LogP contribution in [0, 0.1) is 6.92 Å². The number of carbonyl (C=O) groups excluding carboxylic acids is 1. The lowest BCUT2D eigenvalue weighted by Gasteiger charge is -2.29. The number of hydrogen-bond acceptors (Lipinski definition) is 3. The number of piperazine rings is 1. The van der Waals surface area contributed by atoms with E-state index in [4.69, 9.17) is 9.47 Å². The van der Waals surface area contributed by atoms with Gasteiger partial charge in [0, 0.05) is 5.69 Å². The molecule has 0 aliphatic carbocycles. The predicted octanol–water partition coefficient (Wildman–Crippen LogP) is 0.367. The Balaban J connectivity index is 1.37. The number of hydrogen-bond donors (Lipinski definition) is 3. The minimum atomic E-state index is 0.111. The van der Waals surface area contributed by atoms with E-state index >= 15 is 0 Å². The topological polar surface area (TPSA) is 56.4 Å². The number of anilines is 1. The molecule has 2 aromatic carbocycles. The number of methoxy groups -OCH3 is 1. The van der Waals surface area contributed by atoms with Crippen LogP contribution in [0.1, 0.15) is 18.1 Å². The summed E-state index contributed by atoms with van der Waals surface area (Å²) in [6.07, 6.45) is 0.921. The van der Waals surface area contributed by atoms with Gasteiger partial charge in [0.1, 0.15) is 50.8 Å². The molecule has 1 amide bonds. The molecule has 3 N–H and O–H groups in total. The van der Waals surface area contributed by atoms with Gasteiger partial charge in [-0.2, -0.15) is 0 Å². The number of rotatable bonds is 9. The Morgan fingerprint density at radius 3 is 2.33 bits per heavy atom. The quantitative estimate of drug-likeness (QED) is 0.557. The Morgan fingerprint density at radius 1 is 1.00 bits per heavy atom. The molecule has 0 spiro atoms. The fourth-order valence-corrected chi connectivity index (χ4v) is 3.98. The SMILES string of the molecule is CCc1cccc(C)c1NC(=O)C[NH+]1CC[NH+](CCOc2ccc(OC)cc2)CC1. The van der Waals surface area contributed by atoms with E-state index in [9.17, 15) is 4.79 Å². The van der Waals surface area contributed by atoms with Gasteiger partial charge in [-0.1, -0.05) is 25.1 Å². The Hall–Kier alpha value is -2.57. The molecule has 6 nitrogen and oxygen atoms in total. The van der Waals surface area contributed by atoms with Gasteiger partial charge < -0.3 is 24.6 Å². The molecular weight excluding hydrogens is 378 g/mol. The number of ether oxygens (including phenoxy) is 2. The maximum absolute atomic E-state index is 12.6. The second kappa shape index (κ2) is 11.0. The van der Waals surface area contributed by atoms with Crippen molar-refractivity contribution in [2.24, 2.45) is 0 Å². The minimum absolute atomic E-state index is 0.111. The Kier molecular flexibility index (Phi) is 8.11. The number of aryl methyl sites for hydroxylation is 2. The second-order valence-electron chi connectivity index (χ2n) is 7.96. The maximum Gasteiger partial charge on any atom is 0.279 e. The van der Waals surface area contributed by atoms with Crippen LogP contribution in [0.3, 0.4) is 0 Å². The summed E-state index contributed by atoms with van der Waals surface area (Å²) < 4.78 is 11.0. The first-order valence-corrected chi connectivity index (χ1v) is 10.9. The third-order valence-electron chi connectivity index (χ3n) is 5.86. The molecule has 2 aromatic rings. The molecule has 0 radical (unpaired) electrons. The predicted molar refractivity (Wildman–Crippen MR) is 119 cm³/mol. The lowest BCUT2D eigenvalue weighted by molar-refractivity contribution is -1.01. The van der Waals surface area contributed by atoms with E-state index < -0.39 is 0 Å². The van der Waals surface area contributed by atoms with Crippen LogP contribution in [0.5, 0.6) is 11.5 Å². The third kappa shape index (κ3) is 6.21. The van der Waals surface area contributed by atoms with Crippen LogP contribution in [0.25, 0.3) is 0 Å². The molecule has 0 aromatic heterocycles. The van der Waals surface area contributed by atoms with Crippen LogP contribution >= 0.6 is 0 Å². The molecule has 1 saturated heterocycles. The van der Waals surface area contributed by atoms with E-state index in [2.05, 4.69) is 37.4 Å². The lowest BCUT2D eigenvalue weighted by Crippen LogP contribution is -3.28. The third-order valence-corrected chi connectivity index (χ3v) is 5.86. The summed E-state index contributed by atoms with van der Waals surface area (Å²) in [5, 5.41) is 3.15. The standard InChI is InChI=1S/C24H33N3O3/c1-4-20-7-5-6-19(2)24(20)25-23(28)18-27-14-12-26(13-15-27)16-17-30-22-10-8-21(29-3)9-11-22/h5-11H,4,12-18H2,1-3H3,(H,25,28)/p+2. The monoisotopic (exact) mass is 413 g/mol. The minimum Gasteiger partial charge on any atom is -0.497 e. The largest absolute Gasteiger partial charge is 0.497 e. The molecule has 1 aliphatic heterocycles. The van der Waals surface area contributed by atoms with Gasteiger partial charge >= 0.3 is 0 Å². The highest BCUT2D eigenvalue weighted by Crippen LogP contribution is 2.20. The molecule has 1 heterocycles. The van der Waals surface area contributed by atoms with Gasteiger partial charge in [-0.15, -0.1) is 0 Å².